The van der Waals surface area contributed by atoms with Crippen molar-refractivity contribution in [3.05, 3.63) is 29.8 Å². The number of hydrogen-bond acceptors (Lipinski definition) is 3. The molecule has 0 aliphatic heterocycles. The first-order valence-corrected chi connectivity index (χ1v) is 9.21. The van der Waals surface area contributed by atoms with Crippen molar-refractivity contribution in [3.63, 3.8) is 0 Å². The number of carbonyl (C=O) groups excluding carboxylic acids is 2. The van der Waals surface area contributed by atoms with Gasteiger partial charge in [-0.25, -0.2) is 0 Å². The van der Waals surface area contributed by atoms with Crippen LogP contribution in [0.5, 0.6) is 0 Å². The van der Waals surface area contributed by atoms with Crippen molar-refractivity contribution in [2.45, 2.75) is 52.4 Å². The van der Waals surface area contributed by atoms with Crippen molar-refractivity contribution < 1.29 is 14.7 Å². The minimum atomic E-state index is -0.167. The van der Waals surface area contributed by atoms with E-state index < -0.39 is 0 Å². The number of amides is 2. The second kappa shape index (κ2) is 8.99. The van der Waals surface area contributed by atoms with E-state index >= 15 is 0 Å². The fraction of sp³-hybridized carbons (Fsp3) is 0.600. The summed E-state index contributed by atoms with van der Waals surface area (Å²) in [6, 6.07) is 7.05. The minimum Gasteiger partial charge on any atom is -0.396 e. The summed E-state index contributed by atoms with van der Waals surface area (Å²) in [7, 11) is 0. The Balaban J connectivity index is 1.93. The lowest BCUT2D eigenvalue weighted by molar-refractivity contribution is -0.120. The largest absolute Gasteiger partial charge is 0.396 e. The molecule has 0 atom stereocenters. The quantitative estimate of drug-likeness (QED) is 0.708. The van der Waals surface area contributed by atoms with E-state index in [1.54, 1.807) is 18.2 Å². The summed E-state index contributed by atoms with van der Waals surface area (Å²) in [5.41, 5.74) is 1.04. The maximum Gasteiger partial charge on any atom is 0.251 e. The summed E-state index contributed by atoms with van der Waals surface area (Å²) in [5, 5.41) is 14.9. The van der Waals surface area contributed by atoms with E-state index in [0.717, 1.165) is 25.7 Å². The van der Waals surface area contributed by atoms with Gasteiger partial charge in [-0.15, -0.1) is 0 Å². The van der Waals surface area contributed by atoms with E-state index in [0.29, 0.717) is 24.2 Å². The standard InChI is InChI=1S/C20H30N2O3/c1-20(2,11-12-23)14-21-18(24)16-9-6-10-17(13-16)22-19(25)15-7-4-3-5-8-15/h6,9-10,13,15,23H,3-5,7-8,11-12,14H2,1-2H3,(H,21,24)(H,22,25). The van der Waals surface area contributed by atoms with Crippen LogP contribution in [0.25, 0.3) is 0 Å². The van der Waals surface area contributed by atoms with Crippen molar-refractivity contribution in [2.75, 3.05) is 18.5 Å². The summed E-state index contributed by atoms with van der Waals surface area (Å²) in [4.78, 5) is 24.7. The van der Waals surface area contributed by atoms with Gasteiger partial charge in [-0.3, -0.25) is 9.59 Å². The van der Waals surface area contributed by atoms with Gasteiger partial charge in [-0.1, -0.05) is 39.2 Å². The molecule has 0 radical (unpaired) electrons. The van der Waals surface area contributed by atoms with Crippen LogP contribution in [0, 0.1) is 11.3 Å². The summed E-state index contributed by atoms with van der Waals surface area (Å²) in [5.74, 6) is -0.0216. The molecule has 0 aromatic heterocycles. The number of rotatable bonds is 7. The predicted octanol–water partition coefficient (Wildman–Crippen LogP) is 3.34. The van der Waals surface area contributed by atoms with E-state index in [1.165, 1.54) is 6.42 Å². The van der Waals surface area contributed by atoms with E-state index in [2.05, 4.69) is 10.6 Å². The van der Waals surface area contributed by atoms with Crippen molar-refractivity contribution >= 4 is 17.5 Å². The normalized spacial score (nSPS) is 15.6. The smallest absolute Gasteiger partial charge is 0.251 e. The van der Waals surface area contributed by atoms with Gasteiger partial charge >= 0.3 is 0 Å². The van der Waals surface area contributed by atoms with Crippen molar-refractivity contribution in [3.8, 4) is 0 Å². The summed E-state index contributed by atoms with van der Waals surface area (Å²) >= 11 is 0. The molecule has 1 aromatic rings. The molecule has 3 N–H and O–H groups in total. The van der Waals surface area contributed by atoms with Crippen LogP contribution < -0.4 is 10.6 Å². The Hall–Kier alpha value is -1.88. The molecule has 1 saturated carbocycles. The number of nitrogens with one attached hydrogen (secondary N) is 2. The molecule has 0 unspecified atom stereocenters. The van der Waals surface area contributed by atoms with Gasteiger partial charge in [0.1, 0.15) is 0 Å². The second-order valence-corrected chi connectivity index (χ2v) is 7.73. The first kappa shape index (κ1) is 19.4. The lowest BCUT2D eigenvalue weighted by Crippen LogP contribution is -2.34. The third-order valence-electron chi connectivity index (χ3n) is 4.88. The van der Waals surface area contributed by atoms with Gasteiger partial charge in [-0.05, 0) is 42.9 Å². The molecule has 5 nitrogen and oxygen atoms in total. The molecule has 0 spiro atoms. The lowest BCUT2D eigenvalue weighted by Gasteiger charge is -2.24. The molecule has 0 bridgehead atoms. The number of carbonyl (C=O) groups is 2. The molecule has 1 fully saturated rings. The zero-order valence-electron chi connectivity index (χ0n) is 15.3. The molecule has 1 aliphatic rings. The Morgan fingerprint density at radius 3 is 2.60 bits per heavy atom. The third kappa shape index (κ3) is 6.16. The number of benzene rings is 1. The minimum absolute atomic E-state index is 0.0568. The molecule has 0 heterocycles. The molecule has 5 heteroatoms. The molecule has 2 amide bonds. The topological polar surface area (TPSA) is 78.4 Å². The summed E-state index contributed by atoms with van der Waals surface area (Å²) in [6.07, 6.45) is 5.98. The van der Waals surface area contributed by atoms with Crippen molar-refractivity contribution in [1.29, 1.82) is 0 Å². The van der Waals surface area contributed by atoms with E-state index in [9.17, 15) is 9.59 Å². The van der Waals surface area contributed by atoms with Crippen LogP contribution >= 0.6 is 0 Å². The lowest BCUT2D eigenvalue weighted by atomic mass is 9.88. The monoisotopic (exact) mass is 346 g/mol. The highest BCUT2D eigenvalue weighted by Crippen LogP contribution is 2.25. The van der Waals surface area contributed by atoms with Crippen LogP contribution in [-0.4, -0.2) is 30.1 Å². The third-order valence-corrected chi connectivity index (χ3v) is 4.88. The predicted molar refractivity (Wildman–Crippen MR) is 99.5 cm³/mol. The molecular formula is C20H30N2O3. The molecule has 1 aromatic carbocycles. The molecule has 0 saturated heterocycles. The van der Waals surface area contributed by atoms with Gasteiger partial charge in [0.15, 0.2) is 0 Å². The summed E-state index contributed by atoms with van der Waals surface area (Å²) < 4.78 is 0. The fourth-order valence-corrected chi connectivity index (χ4v) is 3.16. The Bertz CT molecular complexity index is 592. The van der Waals surface area contributed by atoms with Gasteiger partial charge in [0, 0.05) is 30.3 Å². The van der Waals surface area contributed by atoms with Crippen LogP contribution in [0.1, 0.15) is 62.7 Å². The second-order valence-electron chi connectivity index (χ2n) is 7.73. The SMILES string of the molecule is CC(C)(CCO)CNC(=O)c1cccc(NC(=O)C2CCCCC2)c1. The highest BCUT2D eigenvalue weighted by molar-refractivity contribution is 5.97. The zero-order chi connectivity index (χ0) is 18.3. The van der Waals surface area contributed by atoms with Gasteiger partial charge in [-0.2, -0.15) is 0 Å². The first-order valence-electron chi connectivity index (χ1n) is 9.21. The summed E-state index contributed by atoms with van der Waals surface area (Å²) in [6.45, 7) is 4.60. The maximum absolute atomic E-state index is 12.3. The Morgan fingerprint density at radius 1 is 1.20 bits per heavy atom. The van der Waals surface area contributed by atoms with Crippen LogP contribution in [0.15, 0.2) is 24.3 Å². The molecule has 1 aliphatic carbocycles. The van der Waals surface area contributed by atoms with Gasteiger partial charge < -0.3 is 15.7 Å². The van der Waals surface area contributed by atoms with Gasteiger partial charge in [0.05, 0.1) is 0 Å². The zero-order valence-corrected chi connectivity index (χ0v) is 15.3. The number of hydrogen-bond donors (Lipinski definition) is 3. The van der Waals surface area contributed by atoms with Crippen molar-refractivity contribution in [1.82, 2.24) is 5.32 Å². The van der Waals surface area contributed by atoms with Gasteiger partial charge in [0.2, 0.25) is 5.91 Å². The van der Waals surface area contributed by atoms with Gasteiger partial charge in [0.25, 0.3) is 5.91 Å². The highest BCUT2D eigenvalue weighted by atomic mass is 16.3. The van der Waals surface area contributed by atoms with Crippen LogP contribution in [0.3, 0.4) is 0 Å². The molecule has 138 valence electrons. The fourth-order valence-electron chi connectivity index (χ4n) is 3.16. The van der Waals surface area contributed by atoms with Crippen LogP contribution in [-0.2, 0) is 4.79 Å². The Morgan fingerprint density at radius 2 is 1.92 bits per heavy atom. The van der Waals surface area contributed by atoms with Crippen molar-refractivity contribution in [2.24, 2.45) is 11.3 Å². The highest BCUT2D eigenvalue weighted by Gasteiger charge is 2.22. The molecule has 2 rings (SSSR count). The average molecular weight is 346 g/mol. The number of anilines is 1. The Kier molecular flexibility index (Phi) is 7.00. The van der Waals surface area contributed by atoms with Crippen LogP contribution in [0.4, 0.5) is 5.69 Å². The first-order chi connectivity index (χ1) is 11.9. The average Bonchev–Trinajstić information content (AvgIpc) is 2.60. The van der Waals surface area contributed by atoms with E-state index in [-0.39, 0.29) is 29.8 Å². The maximum atomic E-state index is 12.3. The van der Waals surface area contributed by atoms with E-state index in [1.807, 2.05) is 19.9 Å². The number of aliphatic hydroxyl groups excluding tert-OH is 1. The molecular weight excluding hydrogens is 316 g/mol. The Labute approximate surface area is 150 Å². The molecule has 25 heavy (non-hydrogen) atoms. The van der Waals surface area contributed by atoms with E-state index in [4.69, 9.17) is 5.11 Å². The van der Waals surface area contributed by atoms with Crippen LogP contribution in [0.2, 0.25) is 0 Å². The number of aliphatic hydroxyl groups is 1.